The number of aliphatic hydroxyl groups excluding tert-OH is 1. The van der Waals surface area contributed by atoms with Crippen LogP contribution in [0, 0.1) is 0 Å². The number of nitrogens with one attached hydrogen (secondary N) is 2. The second kappa shape index (κ2) is 13.0. The highest BCUT2D eigenvalue weighted by Crippen LogP contribution is 2.42. The van der Waals surface area contributed by atoms with Crippen molar-refractivity contribution in [1.82, 2.24) is 29.6 Å². The third-order valence-electron chi connectivity index (χ3n) is 8.67. The molecule has 1 atom stereocenters. The fraction of sp³-hybridized carbons (Fsp3) is 0.303. The fourth-order valence-corrected chi connectivity index (χ4v) is 6.86. The minimum atomic E-state index is -4.78. The van der Waals surface area contributed by atoms with Gasteiger partial charge in [0.05, 0.1) is 44.8 Å². The molecule has 15 heteroatoms. The lowest BCUT2D eigenvalue weighted by atomic mass is 9.98. The molecule has 0 radical (unpaired) electrons. The average molecular weight is 698 g/mol. The van der Waals surface area contributed by atoms with Gasteiger partial charge in [-0.3, -0.25) is 19.4 Å². The SMILES string of the molecule is O=C(Nc1cccc(-c2cccc(Nc3nc(C(F)(F)F)nc4cccnc34)c2Cl)c1Cl)c1cc2n(n1)CCC[C@@H]2N1CCC(O)CC1. The van der Waals surface area contributed by atoms with Crippen LogP contribution in [0.1, 0.15) is 53.7 Å². The Balaban J connectivity index is 1.15. The number of pyridine rings is 1. The Morgan fingerprint density at radius 2 is 1.62 bits per heavy atom. The highest BCUT2D eigenvalue weighted by Gasteiger charge is 2.36. The molecule has 0 unspecified atom stereocenters. The number of carbonyl (C=O) groups excluding carboxylic acids is 1. The van der Waals surface area contributed by atoms with Crippen molar-refractivity contribution in [1.29, 1.82) is 0 Å². The van der Waals surface area contributed by atoms with E-state index in [2.05, 4.69) is 35.6 Å². The van der Waals surface area contributed by atoms with Gasteiger partial charge in [-0.15, -0.1) is 0 Å². The summed E-state index contributed by atoms with van der Waals surface area (Å²) in [7, 11) is 0. The summed E-state index contributed by atoms with van der Waals surface area (Å²) >= 11 is 13.7. The van der Waals surface area contributed by atoms with Gasteiger partial charge in [0.2, 0.25) is 5.82 Å². The van der Waals surface area contributed by atoms with Gasteiger partial charge in [-0.1, -0.05) is 47.5 Å². The predicted molar refractivity (Wildman–Crippen MR) is 176 cm³/mol. The Kier molecular flexibility index (Phi) is 8.71. The monoisotopic (exact) mass is 696 g/mol. The van der Waals surface area contributed by atoms with Crippen LogP contribution in [-0.4, -0.2) is 59.8 Å². The van der Waals surface area contributed by atoms with Crippen LogP contribution in [0.25, 0.3) is 22.2 Å². The smallest absolute Gasteiger partial charge is 0.393 e. The Hall–Kier alpha value is -4.30. The van der Waals surface area contributed by atoms with E-state index in [1.807, 2.05) is 10.7 Å². The number of likely N-dealkylation sites (tertiary alicyclic amines) is 1. The molecule has 3 N–H and O–H groups in total. The standard InChI is InChI=1S/C33H29Cl2F3N8O2/c34-27-19(5-1-7-21(27)40-30-29-23(9-3-13-39-29)42-32(43-30)33(36,37)38)20-6-2-8-22(28(20)35)41-31(48)24-17-26-25(10-4-14-46(26)44-24)45-15-11-18(47)12-16-45/h1-3,5-9,13,17-18,25,47H,4,10-12,14-16H2,(H,41,48)(H,40,42,43)/t25-/m0/s1. The highest BCUT2D eigenvalue weighted by atomic mass is 35.5. The lowest BCUT2D eigenvalue weighted by Gasteiger charge is -2.38. The minimum absolute atomic E-state index is 0.0153. The second-order valence-corrected chi connectivity index (χ2v) is 12.5. The number of nitrogens with zero attached hydrogens (tertiary/aromatic N) is 6. The Bertz CT molecular complexity index is 2010. The van der Waals surface area contributed by atoms with Crippen LogP contribution in [0.5, 0.6) is 0 Å². The van der Waals surface area contributed by atoms with Gasteiger partial charge in [0, 0.05) is 37.0 Å². The number of amides is 1. The first kappa shape index (κ1) is 32.3. The zero-order valence-electron chi connectivity index (χ0n) is 25.3. The Morgan fingerprint density at radius 3 is 2.35 bits per heavy atom. The third kappa shape index (κ3) is 6.30. The first-order chi connectivity index (χ1) is 23.1. The number of piperidine rings is 1. The van der Waals surface area contributed by atoms with E-state index < -0.39 is 17.9 Å². The zero-order chi connectivity index (χ0) is 33.6. The quantitative estimate of drug-likeness (QED) is 0.167. The number of aliphatic hydroxyl groups is 1. The Morgan fingerprint density at radius 1 is 0.917 bits per heavy atom. The van der Waals surface area contributed by atoms with Gasteiger partial charge < -0.3 is 15.7 Å². The number of fused-ring (bicyclic) bond motifs is 2. The molecule has 1 saturated heterocycles. The van der Waals surface area contributed by atoms with E-state index in [9.17, 15) is 23.1 Å². The molecule has 0 saturated carbocycles. The van der Waals surface area contributed by atoms with Crippen molar-refractivity contribution < 1.29 is 23.1 Å². The molecule has 5 heterocycles. The first-order valence-corrected chi connectivity index (χ1v) is 16.2. The number of aromatic nitrogens is 5. The van der Waals surface area contributed by atoms with Crippen molar-refractivity contribution in [3.8, 4) is 11.1 Å². The van der Waals surface area contributed by atoms with E-state index in [-0.39, 0.29) is 50.4 Å². The molecule has 2 aromatic carbocycles. The number of anilines is 3. The molecular weight excluding hydrogens is 668 g/mol. The summed E-state index contributed by atoms with van der Waals surface area (Å²) in [4.78, 5) is 27.3. The van der Waals surface area contributed by atoms with Gasteiger partial charge in [0.15, 0.2) is 11.5 Å². The summed E-state index contributed by atoms with van der Waals surface area (Å²) < 4.78 is 42.7. The molecule has 248 valence electrons. The lowest BCUT2D eigenvalue weighted by molar-refractivity contribution is -0.144. The molecule has 1 fully saturated rings. The van der Waals surface area contributed by atoms with E-state index in [1.54, 1.807) is 36.4 Å². The maximum absolute atomic E-state index is 13.6. The summed E-state index contributed by atoms with van der Waals surface area (Å²) in [6.07, 6.45) is -0.270. The van der Waals surface area contributed by atoms with E-state index in [0.29, 0.717) is 23.4 Å². The molecule has 0 aliphatic carbocycles. The van der Waals surface area contributed by atoms with Gasteiger partial charge in [-0.25, -0.2) is 9.97 Å². The third-order valence-corrected chi connectivity index (χ3v) is 9.48. The van der Waals surface area contributed by atoms with Crippen molar-refractivity contribution in [2.24, 2.45) is 0 Å². The number of rotatable bonds is 6. The van der Waals surface area contributed by atoms with Crippen LogP contribution in [0.3, 0.4) is 0 Å². The predicted octanol–water partition coefficient (Wildman–Crippen LogP) is 7.50. The largest absolute Gasteiger partial charge is 0.451 e. The van der Waals surface area contributed by atoms with Crippen LogP contribution in [0.4, 0.5) is 30.4 Å². The van der Waals surface area contributed by atoms with Crippen LogP contribution in [0.15, 0.2) is 60.8 Å². The summed E-state index contributed by atoms with van der Waals surface area (Å²) in [5.74, 6) is -1.90. The van der Waals surface area contributed by atoms with Gasteiger partial charge in [0.1, 0.15) is 5.52 Å². The number of hydrogen-bond donors (Lipinski definition) is 3. The molecule has 1 amide bonds. The lowest BCUT2D eigenvalue weighted by Crippen LogP contribution is -2.40. The van der Waals surface area contributed by atoms with Crippen LogP contribution >= 0.6 is 23.2 Å². The molecule has 2 aliphatic heterocycles. The maximum atomic E-state index is 13.6. The number of carbonyl (C=O) groups is 1. The summed E-state index contributed by atoms with van der Waals surface area (Å²) in [5.41, 5.74) is 2.95. The topological polar surface area (TPSA) is 121 Å². The number of aryl methyl sites for hydroxylation is 1. The molecule has 5 aromatic rings. The fourth-order valence-electron chi connectivity index (χ4n) is 6.31. The summed E-state index contributed by atoms with van der Waals surface area (Å²) in [6.45, 7) is 2.30. The highest BCUT2D eigenvalue weighted by molar-refractivity contribution is 6.39. The van der Waals surface area contributed by atoms with E-state index >= 15 is 0 Å². The zero-order valence-corrected chi connectivity index (χ0v) is 26.8. The van der Waals surface area contributed by atoms with Crippen molar-refractivity contribution in [3.63, 3.8) is 0 Å². The van der Waals surface area contributed by atoms with Crippen molar-refractivity contribution in [2.45, 2.75) is 50.6 Å². The first-order valence-electron chi connectivity index (χ1n) is 15.4. The van der Waals surface area contributed by atoms with E-state index in [1.165, 1.54) is 18.3 Å². The van der Waals surface area contributed by atoms with Crippen LogP contribution < -0.4 is 10.6 Å². The number of benzene rings is 2. The Labute approximate surface area is 282 Å². The van der Waals surface area contributed by atoms with Crippen molar-refractivity contribution in [2.75, 3.05) is 23.7 Å². The maximum Gasteiger partial charge on any atom is 0.451 e. The summed E-state index contributed by atoms with van der Waals surface area (Å²) in [6, 6.07) is 14.9. The van der Waals surface area contributed by atoms with Gasteiger partial charge in [-0.05, 0) is 56.0 Å². The van der Waals surface area contributed by atoms with Gasteiger partial charge in [0.25, 0.3) is 5.91 Å². The average Bonchev–Trinajstić information content (AvgIpc) is 3.52. The van der Waals surface area contributed by atoms with Crippen LogP contribution in [-0.2, 0) is 12.7 Å². The normalized spacial score (nSPS) is 17.3. The molecule has 0 spiro atoms. The molecule has 10 nitrogen and oxygen atoms in total. The molecular formula is C33H29Cl2F3N8O2. The molecule has 2 aliphatic rings. The van der Waals surface area contributed by atoms with Gasteiger partial charge in [-0.2, -0.15) is 18.3 Å². The second-order valence-electron chi connectivity index (χ2n) is 11.8. The molecule has 48 heavy (non-hydrogen) atoms. The van der Waals surface area contributed by atoms with Crippen molar-refractivity contribution in [3.05, 3.63) is 88.1 Å². The molecule has 0 bridgehead atoms. The van der Waals surface area contributed by atoms with Crippen molar-refractivity contribution >= 4 is 57.3 Å². The molecule has 7 rings (SSSR count). The van der Waals surface area contributed by atoms with E-state index in [0.717, 1.165) is 44.5 Å². The number of alkyl halides is 3. The minimum Gasteiger partial charge on any atom is -0.393 e. The van der Waals surface area contributed by atoms with Gasteiger partial charge >= 0.3 is 6.18 Å². The molecule has 3 aromatic heterocycles. The summed E-state index contributed by atoms with van der Waals surface area (Å²) in [5, 5.41) is 20.7. The number of hydrogen-bond acceptors (Lipinski definition) is 8. The van der Waals surface area contributed by atoms with E-state index in [4.69, 9.17) is 23.2 Å². The van der Waals surface area contributed by atoms with Crippen LogP contribution in [0.2, 0.25) is 10.0 Å². The number of halogens is 5.